The predicted molar refractivity (Wildman–Crippen MR) is 62.9 cm³/mol. The molecule has 0 saturated carbocycles. The Labute approximate surface area is 90.3 Å². The van der Waals surface area contributed by atoms with Gasteiger partial charge in [-0.25, -0.2) is 4.39 Å². The van der Waals surface area contributed by atoms with Crippen molar-refractivity contribution in [3.63, 3.8) is 0 Å². The number of rotatable bonds is 2. The average molecular weight is 210 g/mol. The van der Waals surface area contributed by atoms with Gasteiger partial charge < -0.3 is 0 Å². The Morgan fingerprint density at radius 2 is 2.29 bits per heavy atom. The molecule has 0 fully saturated rings. The van der Waals surface area contributed by atoms with Crippen molar-refractivity contribution < 1.29 is 4.39 Å². The first-order valence-corrected chi connectivity index (χ1v) is 5.07. The maximum absolute atomic E-state index is 13.3. The van der Waals surface area contributed by atoms with Gasteiger partial charge in [-0.15, -0.1) is 12.6 Å². The van der Waals surface area contributed by atoms with Gasteiger partial charge in [0.2, 0.25) is 0 Å². The van der Waals surface area contributed by atoms with Crippen LogP contribution in [-0.2, 0) is 0 Å². The third-order valence-electron chi connectivity index (χ3n) is 2.28. The molecule has 2 unspecified atom stereocenters. The summed E-state index contributed by atoms with van der Waals surface area (Å²) in [5.74, 6) is -0.165. The standard InChI is InChI=1S/C12H15FS/c1-8(2)7-12(14)10-5-4-6-11(13)9(10)3/h4-7,9-10,14H,1H2,2-3H3/b12-7-. The summed E-state index contributed by atoms with van der Waals surface area (Å²) in [5, 5.41) is 0. The Balaban J connectivity index is 2.86. The van der Waals surface area contributed by atoms with Crippen LogP contribution in [0.2, 0.25) is 0 Å². The molecule has 0 aromatic heterocycles. The largest absolute Gasteiger partial charge is 0.211 e. The van der Waals surface area contributed by atoms with Crippen LogP contribution in [0.15, 0.2) is 47.2 Å². The van der Waals surface area contributed by atoms with Gasteiger partial charge in [0.25, 0.3) is 0 Å². The van der Waals surface area contributed by atoms with Crippen molar-refractivity contribution in [2.75, 3.05) is 0 Å². The summed E-state index contributed by atoms with van der Waals surface area (Å²) >= 11 is 4.37. The van der Waals surface area contributed by atoms with Crippen molar-refractivity contribution in [1.29, 1.82) is 0 Å². The van der Waals surface area contributed by atoms with Crippen molar-refractivity contribution in [2.45, 2.75) is 13.8 Å². The quantitative estimate of drug-likeness (QED) is 0.516. The van der Waals surface area contributed by atoms with Crippen LogP contribution in [0, 0.1) is 11.8 Å². The second kappa shape index (κ2) is 4.65. The van der Waals surface area contributed by atoms with Gasteiger partial charge in [-0.1, -0.05) is 31.2 Å². The summed E-state index contributed by atoms with van der Waals surface area (Å²) in [6, 6.07) is 0. The number of halogens is 1. The molecule has 0 N–H and O–H groups in total. The Morgan fingerprint density at radius 3 is 2.86 bits per heavy atom. The Kier molecular flexibility index (Phi) is 3.76. The van der Waals surface area contributed by atoms with Gasteiger partial charge in [-0.2, -0.15) is 0 Å². The number of hydrogen-bond acceptors (Lipinski definition) is 1. The first kappa shape index (κ1) is 11.3. The van der Waals surface area contributed by atoms with Gasteiger partial charge in [-0.3, -0.25) is 0 Å². The topological polar surface area (TPSA) is 0 Å². The SMILES string of the molecule is C=C(C)/C=C(\S)C1C=CC=C(F)C1C. The van der Waals surface area contributed by atoms with Gasteiger partial charge in [0.1, 0.15) is 5.83 Å². The van der Waals surface area contributed by atoms with E-state index < -0.39 is 0 Å². The number of thiol groups is 1. The summed E-state index contributed by atoms with van der Waals surface area (Å²) in [6.07, 6.45) is 7.09. The highest BCUT2D eigenvalue weighted by Crippen LogP contribution is 2.33. The zero-order chi connectivity index (χ0) is 10.7. The van der Waals surface area contributed by atoms with Crippen LogP contribution >= 0.6 is 12.6 Å². The molecule has 1 aliphatic carbocycles. The van der Waals surface area contributed by atoms with Gasteiger partial charge in [0.05, 0.1) is 0 Å². The zero-order valence-corrected chi connectivity index (χ0v) is 9.39. The summed E-state index contributed by atoms with van der Waals surface area (Å²) in [7, 11) is 0. The van der Waals surface area contributed by atoms with E-state index in [9.17, 15) is 4.39 Å². The van der Waals surface area contributed by atoms with Crippen LogP contribution in [0.4, 0.5) is 4.39 Å². The smallest absolute Gasteiger partial charge is 0.104 e. The lowest BCUT2D eigenvalue weighted by Crippen LogP contribution is -2.12. The molecule has 0 aromatic rings. The molecule has 0 aliphatic heterocycles. The second-order valence-electron chi connectivity index (χ2n) is 3.67. The Hall–Kier alpha value is -0.760. The fourth-order valence-electron chi connectivity index (χ4n) is 1.46. The van der Waals surface area contributed by atoms with E-state index in [2.05, 4.69) is 19.2 Å². The van der Waals surface area contributed by atoms with E-state index in [0.29, 0.717) is 0 Å². The third kappa shape index (κ3) is 2.61. The van der Waals surface area contributed by atoms with Crippen LogP contribution in [0.1, 0.15) is 13.8 Å². The van der Waals surface area contributed by atoms with E-state index in [0.717, 1.165) is 10.5 Å². The van der Waals surface area contributed by atoms with E-state index in [1.807, 2.05) is 26.0 Å². The lowest BCUT2D eigenvalue weighted by atomic mass is 9.88. The van der Waals surface area contributed by atoms with Gasteiger partial charge in [-0.05, 0) is 24.0 Å². The van der Waals surface area contributed by atoms with Gasteiger partial charge in [0.15, 0.2) is 0 Å². The number of hydrogen-bond donors (Lipinski definition) is 1. The summed E-state index contributed by atoms with van der Waals surface area (Å²) < 4.78 is 13.3. The first-order chi connectivity index (χ1) is 6.52. The van der Waals surface area contributed by atoms with Crippen molar-refractivity contribution in [3.8, 4) is 0 Å². The molecule has 1 aliphatic rings. The molecule has 1 rings (SSSR count). The minimum Gasteiger partial charge on any atom is -0.211 e. The maximum Gasteiger partial charge on any atom is 0.104 e. The zero-order valence-electron chi connectivity index (χ0n) is 8.50. The van der Waals surface area contributed by atoms with Crippen molar-refractivity contribution in [1.82, 2.24) is 0 Å². The van der Waals surface area contributed by atoms with Crippen LogP contribution in [0.5, 0.6) is 0 Å². The molecule has 0 aromatic carbocycles. The molecule has 14 heavy (non-hydrogen) atoms. The average Bonchev–Trinajstić information content (AvgIpc) is 2.08. The minimum atomic E-state index is -0.122. The molecular formula is C12H15FS. The second-order valence-corrected chi connectivity index (χ2v) is 4.18. The van der Waals surface area contributed by atoms with Crippen molar-refractivity contribution in [2.24, 2.45) is 11.8 Å². The third-order valence-corrected chi connectivity index (χ3v) is 2.71. The predicted octanol–water partition coefficient (Wildman–Crippen LogP) is 4.05. The molecule has 0 amide bonds. The molecule has 0 bridgehead atoms. The molecule has 76 valence electrons. The lowest BCUT2D eigenvalue weighted by Gasteiger charge is -2.22. The highest BCUT2D eigenvalue weighted by molar-refractivity contribution is 7.84. The molecule has 0 saturated heterocycles. The summed E-state index contributed by atoms with van der Waals surface area (Å²) in [6.45, 7) is 7.54. The van der Waals surface area contributed by atoms with E-state index in [4.69, 9.17) is 0 Å². The molecule has 0 radical (unpaired) electrons. The number of allylic oxidation sites excluding steroid dienone is 7. The molecule has 0 spiro atoms. The van der Waals surface area contributed by atoms with Gasteiger partial charge in [0, 0.05) is 11.8 Å². The summed E-state index contributed by atoms with van der Waals surface area (Å²) in [5.41, 5.74) is 0.936. The molecule has 0 heterocycles. The highest BCUT2D eigenvalue weighted by atomic mass is 32.1. The van der Waals surface area contributed by atoms with Gasteiger partial charge >= 0.3 is 0 Å². The van der Waals surface area contributed by atoms with Crippen LogP contribution in [0.3, 0.4) is 0 Å². The highest BCUT2D eigenvalue weighted by Gasteiger charge is 2.22. The Morgan fingerprint density at radius 1 is 1.64 bits per heavy atom. The molecule has 2 heteroatoms. The fraction of sp³-hybridized carbons (Fsp3) is 0.333. The normalized spacial score (nSPS) is 27.4. The van der Waals surface area contributed by atoms with E-state index in [-0.39, 0.29) is 17.7 Å². The van der Waals surface area contributed by atoms with E-state index in [1.54, 1.807) is 6.08 Å². The van der Waals surface area contributed by atoms with E-state index >= 15 is 0 Å². The fourth-order valence-corrected chi connectivity index (χ4v) is 1.99. The Bertz CT molecular complexity index is 323. The van der Waals surface area contributed by atoms with Crippen LogP contribution in [0.25, 0.3) is 0 Å². The molecular weight excluding hydrogens is 195 g/mol. The first-order valence-electron chi connectivity index (χ1n) is 4.62. The van der Waals surface area contributed by atoms with Crippen LogP contribution in [-0.4, -0.2) is 0 Å². The monoisotopic (exact) mass is 210 g/mol. The molecule has 2 atom stereocenters. The van der Waals surface area contributed by atoms with Crippen molar-refractivity contribution >= 4 is 12.6 Å². The maximum atomic E-state index is 13.3. The van der Waals surface area contributed by atoms with E-state index in [1.165, 1.54) is 6.08 Å². The minimum absolute atomic E-state index is 0.0417. The summed E-state index contributed by atoms with van der Waals surface area (Å²) in [4.78, 5) is 0.865. The molecule has 0 nitrogen and oxygen atoms in total. The van der Waals surface area contributed by atoms with Crippen LogP contribution < -0.4 is 0 Å². The van der Waals surface area contributed by atoms with Crippen molar-refractivity contribution in [3.05, 3.63) is 47.2 Å². The lowest BCUT2D eigenvalue weighted by molar-refractivity contribution is 0.438.